The van der Waals surface area contributed by atoms with Gasteiger partial charge in [-0.3, -0.25) is 4.79 Å². The van der Waals surface area contributed by atoms with Crippen molar-refractivity contribution < 1.29 is 17.6 Å². The molecule has 8 heteroatoms. The molecule has 0 bridgehead atoms. The number of sulfone groups is 1. The molecule has 1 N–H and O–H groups in total. The minimum absolute atomic E-state index is 0.0455. The molecule has 3 rings (SSSR count). The number of imidazole rings is 1. The fourth-order valence-electron chi connectivity index (χ4n) is 2.69. The average molecular weight is 387 g/mol. The van der Waals surface area contributed by atoms with E-state index in [4.69, 9.17) is 4.42 Å². The summed E-state index contributed by atoms with van der Waals surface area (Å²) in [6, 6.07) is 9.68. The van der Waals surface area contributed by atoms with Gasteiger partial charge in [-0.05, 0) is 31.0 Å². The molecule has 27 heavy (non-hydrogen) atoms. The number of furan rings is 1. The van der Waals surface area contributed by atoms with Gasteiger partial charge in [0.15, 0.2) is 15.6 Å². The number of rotatable bonds is 9. The van der Waals surface area contributed by atoms with Crippen LogP contribution in [-0.2, 0) is 22.1 Å². The van der Waals surface area contributed by atoms with Gasteiger partial charge < -0.3 is 14.3 Å². The molecule has 1 amide bonds. The van der Waals surface area contributed by atoms with Gasteiger partial charge in [-0.15, -0.1) is 0 Å². The van der Waals surface area contributed by atoms with E-state index in [2.05, 4.69) is 10.3 Å². The van der Waals surface area contributed by atoms with Crippen LogP contribution < -0.4 is 5.32 Å². The van der Waals surface area contributed by atoms with E-state index in [-0.39, 0.29) is 16.4 Å². The third-order valence-corrected chi connectivity index (χ3v) is 5.77. The Kier molecular flexibility index (Phi) is 6.08. The number of benzene rings is 1. The summed E-state index contributed by atoms with van der Waals surface area (Å²) in [5, 5.41) is 2.78. The highest BCUT2D eigenvalue weighted by atomic mass is 32.2. The fraction of sp³-hybridized carbons (Fsp3) is 0.263. The number of hydrogen-bond donors (Lipinski definition) is 1. The standard InChI is InChI=1S/C19H21N3O4S/c23-19(21-9-4-5-11-22-12-10-20-15-22)18-16(8-13-26-18)14-27(24,25)17-6-2-1-3-7-17/h1-3,6-8,10,12-13,15H,4-5,9,11,14H2,(H,21,23). The predicted molar refractivity (Wildman–Crippen MR) is 99.8 cm³/mol. The summed E-state index contributed by atoms with van der Waals surface area (Å²) in [6.07, 6.45) is 8.39. The molecule has 3 aromatic rings. The molecule has 0 saturated carbocycles. The summed E-state index contributed by atoms with van der Waals surface area (Å²) in [7, 11) is -3.54. The summed E-state index contributed by atoms with van der Waals surface area (Å²) in [5.74, 6) is -0.637. The molecule has 2 heterocycles. The number of hydrogen-bond acceptors (Lipinski definition) is 5. The third-order valence-electron chi connectivity index (χ3n) is 4.09. The summed E-state index contributed by atoms with van der Waals surface area (Å²) in [5.41, 5.74) is 0.356. The Hall–Kier alpha value is -2.87. The highest BCUT2D eigenvalue weighted by molar-refractivity contribution is 7.90. The normalized spacial score (nSPS) is 11.4. The Bertz CT molecular complexity index is 964. The third kappa shape index (κ3) is 5.07. The van der Waals surface area contributed by atoms with Crippen molar-refractivity contribution in [3.63, 3.8) is 0 Å². The second-order valence-corrected chi connectivity index (χ2v) is 8.10. The van der Waals surface area contributed by atoms with E-state index in [1.165, 1.54) is 24.5 Å². The lowest BCUT2D eigenvalue weighted by molar-refractivity contribution is 0.0924. The van der Waals surface area contributed by atoms with Crippen molar-refractivity contribution in [3.8, 4) is 0 Å². The van der Waals surface area contributed by atoms with Crippen molar-refractivity contribution >= 4 is 15.7 Å². The van der Waals surface area contributed by atoms with Gasteiger partial charge in [0.25, 0.3) is 5.91 Å². The van der Waals surface area contributed by atoms with Crippen LogP contribution in [0.3, 0.4) is 0 Å². The van der Waals surface area contributed by atoms with Crippen LogP contribution in [0.1, 0.15) is 29.0 Å². The Balaban J connectivity index is 1.53. The van der Waals surface area contributed by atoms with Crippen molar-refractivity contribution in [1.29, 1.82) is 0 Å². The number of nitrogens with zero attached hydrogens (tertiary/aromatic N) is 2. The van der Waals surface area contributed by atoms with Crippen molar-refractivity contribution in [2.45, 2.75) is 30.0 Å². The monoisotopic (exact) mass is 387 g/mol. The Morgan fingerprint density at radius 1 is 1.15 bits per heavy atom. The number of unbranched alkanes of at least 4 members (excludes halogenated alkanes) is 1. The van der Waals surface area contributed by atoms with Crippen LogP contribution in [0, 0.1) is 0 Å². The molecule has 1 aromatic carbocycles. The summed E-state index contributed by atoms with van der Waals surface area (Å²) in [4.78, 5) is 16.5. The molecule has 0 spiro atoms. The summed E-state index contributed by atoms with van der Waals surface area (Å²) >= 11 is 0. The van der Waals surface area contributed by atoms with Gasteiger partial charge in [0.1, 0.15) is 0 Å². The maximum atomic E-state index is 12.5. The van der Waals surface area contributed by atoms with Crippen LogP contribution in [0.4, 0.5) is 0 Å². The van der Waals surface area contributed by atoms with Gasteiger partial charge in [0.05, 0.1) is 23.2 Å². The van der Waals surface area contributed by atoms with Crippen LogP contribution in [0.2, 0.25) is 0 Å². The molecule has 0 saturated heterocycles. The first-order chi connectivity index (χ1) is 13.1. The van der Waals surface area contributed by atoms with Gasteiger partial charge in [-0.1, -0.05) is 18.2 Å². The number of aromatic nitrogens is 2. The van der Waals surface area contributed by atoms with E-state index < -0.39 is 15.7 Å². The zero-order chi connectivity index (χ0) is 19.1. The molecule has 0 radical (unpaired) electrons. The van der Waals surface area contributed by atoms with Gasteiger partial charge in [0.2, 0.25) is 0 Å². The number of amides is 1. The van der Waals surface area contributed by atoms with E-state index in [0.717, 1.165) is 19.4 Å². The highest BCUT2D eigenvalue weighted by Gasteiger charge is 2.22. The maximum absolute atomic E-state index is 12.5. The van der Waals surface area contributed by atoms with Crippen molar-refractivity contribution in [1.82, 2.24) is 14.9 Å². The fourth-order valence-corrected chi connectivity index (χ4v) is 4.06. The first-order valence-electron chi connectivity index (χ1n) is 8.64. The van der Waals surface area contributed by atoms with Crippen LogP contribution in [-0.4, -0.2) is 30.4 Å². The van der Waals surface area contributed by atoms with Crippen LogP contribution in [0.5, 0.6) is 0 Å². The highest BCUT2D eigenvalue weighted by Crippen LogP contribution is 2.19. The van der Waals surface area contributed by atoms with Gasteiger partial charge in [0, 0.05) is 31.0 Å². The van der Waals surface area contributed by atoms with Crippen molar-refractivity contribution in [2.75, 3.05) is 6.54 Å². The van der Waals surface area contributed by atoms with Gasteiger partial charge >= 0.3 is 0 Å². The molecule has 0 atom stereocenters. The van der Waals surface area contributed by atoms with Crippen LogP contribution >= 0.6 is 0 Å². The average Bonchev–Trinajstić information content (AvgIpc) is 3.33. The molecule has 142 valence electrons. The molecule has 7 nitrogen and oxygen atoms in total. The lowest BCUT2D eigenvalue weighted by Crippen LogP contribution is -2.25. The molecule has 0 aliphatic carbocycles. The van der Waals surface area contributed by atoms with E-state index in [1.807, 2.05) is 10.8 Å². The Labute approximate surface area is 158 Å². The van der Waals surface area contributed by atoms with Gasteiger partial charge in [-0.25, -0.2) is 13.4 Å². The molecular weight excluding hydrogens is 366 g/mol. The number of carbonyl (C=O) groups excluding carboxylic acids is 1. The minimum atomic E-state index is -3.54. The topological polar surface area (TPSA) is 94.2 Å². The lowest BCUT2D eigenvalue weighted by Gasteiger charge is -2.07. The van der Waals surface area contributed by atoms with Crippen molar-refractivity contribution in [2.24, 2.45) is 0 Å². The summed E-state index contributed by atoms with van der Waals surface area (Å²) < 4.78 is 32.2. The van der Waals surface area contributed by atoms with E-state index in [9.17, 15) is 13.2 Å². The zero-order valence-corrected chi connectivity index (χ0v) is 15.6. The largest absolute Gasteiger partial charge is 0.459 e. The lowest BCUT2D eigenvalue weighted by atomic mass is 10.2. The number of nitrogens with one attached hydrogen (secondary N) is 1. The molecule has 0 aliphatic heterocycles. The van der Waals surface area contributed by atoms with E-state index >= 15 is 0 Å². The molecule has 0 fully saturated rings. The molecule has 0 aliphatic rings. The Morgan fingerprint density at radius 2 is 1.96 bits per heavy atom. The zero-order valence-electron chi connectivity index (χ0n) is 14.7. The SMILES string of the molecule is O=C(NCCCCn1ccnc1)c1occc1CS(=O)(=O)c1ccccc1. The van der Waals surface area contributed by atoms with Crippen LogP contribution in [0.15, 0.2) is 70.7 Å². The number of carbonyl (C=O) groups is 1. The first kappa shape index (κ1) is 18.9. The van der Waals surface area contributed by atoms with Crippen LogP contribution in [0.25, 0.3) is 0 Å². The summed E-state index contributed by atoms with van der Waals surface area (Å²) in [6.45, 7) is 1.32. The first-order valence-corrected chi connectivity index (χ1v) is 10.3. The van der Waals surface area contributed by atoms with E-state index in [1.54, 1.807) is 30.7 Å². The quantitative estimate of drug-likeness (QED) is 0.570. The second-order valence-electron chi connectivity index (χ2n) is 6.11. The molecular formula is C19H21N3O4S. The maximum Gasteiger partial charge on any atom is 0.287 e. The minimum Gasteiger partial charge on any atom is -0.459 e. The van der Waals surface area contributed by atoms with Crippen molar-refractivity contribution in [3.05, 3.63) is 72.7 Å². The second kappa shape index (κ2) is 8.68. The van der Waals surface area contributed by atoms with E-state index in [0.29, 0.717) is 12.1 Å². The smallest absolute Gasteiger partial charge is 0.287 e. The predicted octanol–water partition coefficient (Wildman–Crippen LogP) is 2.66. The van der Waals surface area contributed by atoms with Gasteiger partial charge in [-0.2, -0.15) is 0 Å². The molecule has 2 aromatic heterocycles. The molecule has 0 unspecified atom stereocenters. The Morgan fingerprint density at radius 3 is 2.70 bits per heavy atom. The number of aryl methyl sites for hydroxylation is 1.